The van der Waals surface area contributed by atoms with Crippen molar-refractivity contribution in [2.45, 2.75) is 45.7 Å². The van der Waals surface area contributed by atoms with Crippen LogP contribution >= 0.6 is 24.0 Å². The van der Waals surface area contributed by atoms with Crippen LogP contribution in [0.15, 0.2) is 53.5 Å². The number of aliphatic imine (C=N–C) groups is 1. The predicted octanol–water partition coefficient (Wildman–Crippen LogP) is 4.92. The van der Waals surface area contributed by atoms with Gasteiger partial charge in [0, 0.05) is 12.2 Å². The Morgan fingerprint density at radius 2 is 1.59 bits per heavy atom. The van der Waals surface area contributed by atoms with Crippen LogP contribution in [0.4, 0.5) is 5.69 Å². The number of guanidine groups is 1. The van der Waals surface area contributed by atoms with Crippen LogP contribution < -0.4 is 11.1 Å². The molecule has 4 nitrogen and oxygen atoms in total. The lowest BCUT2D eigenvalue weighted by Gasteiger charge is -2.21. The maximum absolute atomic E-state index is 6.08. The van der Waals surface area contributed by atoms with Gasteiger partial charge in [-0.25, -0.2) is 4.99 Å². The predicted molar refractivity (Wildman–Crippen MR) is 126 cm³/mol. The summed E-state index contributed by atoms with van der Waals surface area (Å²) in [5, 5.41) is 3.17. The van der Waals surface area contributed by atoms with Crippen molar-refractivity contribution < 1.29 is 0 Å². The van der Waals surface area contributed by atoms with Crippen LogP contribution in [-0.4, -0.2) is 23.9 Å². The van der Waals surface area contributed by atoms with Crippen molar-refractivity contribution in [1.29, 1.82) is 0 Å². The molecule has 1 aliphatic rings. The molecule has 3 rings (SSSR count). The Kier molecular flexibility index (Phi) is 9.07. The van der Waals surface area contributed by atoms with Gasteiger partial charge in [-0.05, 0) is 56.1 Å². The molecule has 146 valence electrons. The molecule has 2 aromatic rings. The lowest BCUT2D eigenvalue weighted by molar-refractivity contribution is 0.276. The molecule has 0 amide bonds. The fraction of sp³-hybridized carbons (Fsp3) is 0.409. The third-order valence-corrected chi connectivity index (χ3v) is 4.95. The molecule has 5 heteroatoms. The van der Waals surface area contributed by atoms with Gasteiger partial charge in [0.25, 0.3) is 0 Å². The molecule has 1 saturated heterocycles. The summed E-state index contributed by atoms with van der Waals surface area (Å²) in [4.78, 5) is 7.12. The Bertz CT molecular complexity index is 719. The smallest absolute Gasteiger partial charge is 0.193 e. The molecular weight excluding hydrogens is 447 g/mol. The fourth-order valence-corrected chi connectivity index (χ4v) is 3.40. The van der Waals surface area contributed by atoms with Gasteiger partial charge in [-0.2, -0.15) is 0 Å². The summed E-state index contributed by atoms with van der Waals surface area (Å²) in [5.74, 6) is 0.457. The number of likely N-dealkylation sites (tertiary alicyclic amines) is 1. The molecule has 0 unspecified atom stereocenters. The lowest BCUT2D eigenvalue weighted by Crippen LogP contribution is -2.25. The highest BCUT2D eigenvalue weighted by molar-refractivity contribution is 14.0. The van der Waals surface area contributed by atoms with Gasteiger partial charge in [-0.15, -0.1) is 24.0 Å². The molecule has 2 aromatic carbocycles. The number of anilines is 1. The Morgan fingerprint density at radius 1 is 0.963 bits per heavy atom. The van der Waals surface area contributed by atoms with Crippen LogP contribution in [0.1, 0.15) is 42.4 Å². The molecule has 0 aromatic heterocycles. The minimum Gasteiger partial charge on any atom is -0.370 e. The van der Waals surface area contributed by atoms with Gasteiger partial charge in [0.05, 0.1) is 6.54 Å². The van der Waals surface area contributed by atoms with E-state index in [0.29, 0.717) is 12.5 Å². The standard InChI is InChI=1S/C22H30N4.HI/c1-18-10-12-21(13-11-18)25-22(23)24-16-19-8-4-5-9-20(19)17-26-14-6-2-3-7-15-26;/h4-5,8-13H,2-3,6-7,14-17H2,1H3,(H3,23,24,25);1H. The van der Waals surface area contributed by atoms with E-state index >= 15 is 0 Å². The SMILES string of the molecule is Cc1ccc(NC(N)=NCc2ccccc2CN2CCCCCC2)cc1.I. The molecule has 0 spiro atoms. The Hall–Kier alpha value is -1.60. The number of nitrogens with two attached hydrogens (primary N) is 1. The topological polar surface area (TPSA) is 53.6 Å². The van der Waals surface area contributed by atoms with E-state index in [-0.39, 0.29) is 24.0 Å². The van der Waals surface area contributed by atoms with Gasteiger partial charge in [0.1, 0.15) is 0 Å². The maximum atomic E-state index is 6.08. The Balaban J connectivity index is 0.00000261. The highest BCUT2D eigenvalue weighted by atomic mass is 127. The molecule has 27 heavy (non-hydrogen) atoms. The molecule has 3 N–H and O–H groups in total. The van der Waals surface area contributed by atoms with Crippen LogP contribution in [0.3, 0.4) is 0 Å². The van der Waals surface area contributed by atoms with E-state index in [1.165, 1.54) is 55.5 Å². The number of aryl methyl sites for hydroxylation is 1. The molecule has 0 bridgehead atoms. The van der Waals surface area contributed by atoms with Gasteiger partial charge in [0.15, 0.2) is 5.96 Å². The van der Waals surface area contributed by atoms with Gasteiger partial charge in [-0.1, -0.05) is 54.8 Å². The van der Waals surface area contributed by atoms with Crippen LogP contribution in [-0.2, 0) is 13.1 Å². The zero-order valence-corrected chi connectivity index (χ0v) is 18.5. The van der Waals surface area contributed by atoms with Gasteiger partial charge < -0.3 is 11.1 Å². The monoisotopic (exact) mass is 478 g/mol. The number of rotatable bonds is 5. The summed E-state index contributed by atoms with van der Waals surface area (Å²) in [7, 11) is 0. The van der Waals surface area contributed by atoms with Crippen LogP contribution in [0, 0.1) is 6.92 Å². The molecule has 0 aliphatic carbocycles. The number of hydrogen-bond donors (Lipinski definition) is 2. The summed E-state index contributed by atoms with van der Waals surface area (Å²) >= 11 is 0. The van der Waals surface area contributed by atoms with Crippen LogP contribution in [0.2, 0.25) is 0 Å². The molecular formula is C22H31IN4. The first-order valence-corrected chi connectivity index (χ1v) is 9.63. The number of benzene rings is 2. The van der Waals surface area contributed by atoms with Crippen molar-refractivity contribution in [1.82, 2.24) is 4.90 Å². The quantitative estimate of drug-likeness (QED) is 0.365. The molecule has 0 atom stereocenters. The third-order valence-electron chi connectivity index (χ3n) is 4.95. The number of nitrogens with one attached hydrogen (secondary N) is 1. The highest BCUT2D eigenvalue weighted by Gasteiger charge is 2.11. The summed E-state index contributed by atoms with van der Waals surface area (Å²) in [6.07, 6.45) is 5.36. The maximum Gasteiger partial charge on any atom is 0.193 e. The molecule has 0 radical (unpaired) electrons. The van der Waals surface area contributed by atoms with Crippen molar-refractivity contribution in [2.75, 3.05) is 18.4 Å². The van der Waals surface area contributed by atoms with E-state index in [0.717, 1.165) is 12.2 Å². The van der Waals surface area contributed by atoms with E-state index in [4.69, 9.17) is 5.73 Å². The van der Waals surface area contributed by atoms with E-state index in [2.05, 4.69) is 58.5 Å². The largest absolute Gasteiger partial charge is 0.370 e. The summed E-state index contributed by atoms with van der Waals surface area (Å²) < 4.78 is 0. The Labute approximate surface area is 180 Å². The lowest BCUT2D eigenvalue weighted by atomic mass is 10.1. The average molecular weight is 478 g/mol. The van der Waals surface area contributed by atoms with Crippen molar-refractivity contribution in [3.8, 4) is 0 Å². The molecule has 1 aliphatic heterocycles. The summed E-state index contributed by atoms with van der Waals surface area (Å²) in [6.45, 7) is 6.09. The number of halogens is 1. The Morgan fingerprint density at radius 3 is 2.26 bits per heavy atom. The van der Waals surface area contributed by atoms with Crippen molar-refractivity contribution in [3.63, 3.8) is 0 Å². The highest BCUT2D eigenvalue weighted by Crippen LogP contribution is 2.17. The van der Waals surface area contributed by atoms with Gasteiger partial charge in [-0.3, -0.25) is 4.90 Å². The first-order chi connectivity index (χ1) is 12.7. The molecule has 0 saturated carbocycles. The van der Waals surface area contributed by atoms with Crippen molar-refractivity contribution in [3.05, 3.63) is 65.2 Å². The normalized spacial score (nSPS) is 15.7. The number of hydrogen-bond acceptors (Lipinski definition) is 2. The summed E-state index contributed by atoms with van der Waals surface area (Å²) in [6, 6.07) is 16.7. The van der Waals surface area contributed by atoms with Gasteiger partial charge >= 0.3 is 0 Å². The van der Waals surface area contributed by atoms with Crippen LogP contribution in [0.25, 0.3) is 0 Å². The molecule has 1 heterocycles. The second-order valence-corrected chi connectivity index (χ2v) is 7.15. The van der Waals surface area contributed by atoms with E-state index in [9.17, 15) is 0 Å². The minimum atomic E-state index is 0. The fourth-order valence-electron chi connectivity index (χ4n) is 3.40. The van der Waals surface area contributed by atoms with E-state index in [1.807, 2.05) is 12.1 Å². The first-order valence-electron chi connectivity index (χ1n) is 9.63. The molecule has 1 fully saturated rings. The first kappa shape index (κ1) is 21.7. The van der Waals surface area contributed by atoms with Gasteiger partial charge in [0.2, 0.25) is 0 Å². The summed E-state index contributed by atoms with van der Waals surface area (Å²) in [5.41, 5.74) is 10.9. The second-order valence-electron chi connectivity index (χ2n) is 7.15. The van der Waals surface area contributed by atoms with Crippen LogP contribution in [0.5, 0.6) is 0 Å². The number of nitrogens with zero attached hydrogens (tertiary/aromatic N) is 2. The van der Waals surface area contributed by atoms with E-state index in [1.54, 1.807) is 0 Å². The third kappa shape index (κ3) is 7.14. The van der Waals surface area contributed by atoms with Crippen molar-refractivity contribution in [2.24, 2.45) is 10.7 Å². The zero-order chi connectivity index (χ0) is 18.2. The zero-order valence-electron chi connectivity index (χ0n) is 16.2. The average Bonchev–Trinajstić information content (AvgIpc) is 2.92. The minimum absolute atomic E-state index is 0. The van der Waals surface area contributed by atoms with E-state index < -0.39 is 0 Å². The van der Waals surface area contributed by atoms with Crippen molar-refractivity contribution >= 4 is 35.6 Å². The second kappa shape index (κ2) is 11.3.